The van der Waals surface area contributed by atoms with E-state index in [0.717, 1.165) is 11.3 Å². The van der Waals surface area contributed by atoms with Crippen molar-refractivity contribution in [3.05, 3.63) is 63.1 Å². The number of rotatable bonds is 3. The molecule has 2 rings (SSSR count). The molecule has 0 amide bonds. The van der Waals surface area contributed by atoms with Crippen LogP contribution in [0, 0.1) is 0 Å². The lowest BCUT2D eigenvalue weighted by atomic mass is 10.2. The maximum Gasteiger partial charge on any atom is 0.119 e. The Balaban J connectivity index is 2.10. The fraction of sp³-hybridized carbons (Fsp3) is 0.0769. The Morgan fingerprint density at radius 3 is 2.00 bits per heavy atom. The van der Waals surface area contributed by atoms with E-state index >= 15 is 0 Å². The van der Waals surface area contributed by atoms with Crippen molar-refractivity contribution in [3.8, 4) is 5.75 Å². The van der Waals surface area contributed by atoms with Crippen LogP contribution in [0.2, 0.25) is 15.1 Å². The molecule has 0 unspecified atom stereocenters. The van der Waals surface area contributed by atoms with Crippen molar-refractivity contribution in [1.82, 2.24) is 0 Å². The van der Waals surface area contributed by atoms with E-state index in [1.54, 1.807) is 42.5 Å². The second-order valence-corrected chi connectivity index (χ2v) is 4.69. The van der Waals surface area contributed by atoms with Crippen LogP contribution in [0.4, 0.5) is 0 Å². The van der Waals surface area contributed by atoms with Crippen molar-refractivity contribution in [3.63, 3.8) is 0 Å². The summed E-state index contributed by atoms with van der Waals surface area (Å²) in [7, 11) is 0. The van der Waals surface area contributed by atoms with Gasteiger partial charge >= 0.3 is 0 Å². The second-order valence-electron chi connectivity index (χ2n) is 3.44. The molecule has 0 bridgehead atoms. The minimum atomic E-state index is 0.333. The van der Waals surface area contributed by atoms with E-state index < -0.39 is 0 Å². The molecule has 0 saturated carbocycles. The number of ether oxygens (including phenoxy) is 1. The van der Waals surface area contributed by atoms with Gasteiger partial charge in [0.05, 0.1) is 0 Å². The lowest BCUT2D eigenvalue weighted by Crippen LogP contribution is -1.97. The molecule has 0 radical (unpaired) electrons. The molecule has 88 valence electrons. The first-order chi connectivity index (χ1) is 8.16. The largest absolute Gasteiger partial charge is 0.489 e. The summed E-state index contributed by atoms with van der Waals surface area (Å²) in [4.78, 5) is 0. The first-order valence-corrected chi connectivity index (χ1v) is 6.11. The summed E-state index contributed by atoms with van der Waals surface area (Å²) >= 11 is 17.9. The summed E-state index contributed by atoms with van der Waals surface area (Å²) in [6.07, 6.45) is 0. The SMILES string of the molecule is Clc1ccc(OCc2c(Cl)cccc2Cl)cc1. The smallest absolute Gasteiger partial charge is 0.119 e. The van der Waals surface area contributed by atoms with Gasteiger partial charge in [0, 0.05) is 20.6 Å². The number of benzene rings is 2. The normalized spacial score (nSPS) is 10.3. The van der Waals surface area contributed by atoms with Crippen LogP contribution in [0.25, 0.3) is 0 Å². The van der Waals surface area contributed by atoms with Gasteiger partial charge in [-0.25, -0.2) is 0 Å². The average molecular weight is 288 g/mol. The zero-order valence-corrected chi connectivity index (χ0v) is 11.1. The van der Waals surface area contributed by atoms with E-state index in [4.69, 9.17) is 39.5 Å². The van der Waals surface area contributed by atoms with Crippen molar-refractivity contribution in [2.24, 2.45) is 0 Å². The minimum absolute atomic E-state index is 0.333. The van der Waals surface area contributed by atoms with Gasteiger partial charge in [-0.3, -0.25) is 0 Å². The number of hydrogen-bond donors (Lipinski definition) is 0. The molecule has 0 fully saturated rings. The Morgan fingerprint density at radius 1 is 0.824 bits per heavy atom. The Bertz CT molecular complexity index is 488. The van der Waals surface area contributed by atoms with Gasteiger partial charge in [-0.2, -0.15) is 0 Å². The molecule has 0 atom stereocenters. The monoisotopic (exact) mass is 286 g/mol. The predicted molar refractivity (Wildman–Crippen MR) is 72.2 cm³/mol. The van der Waals surface area contributed by atoms with Crippen molar-refractivity contribution in [2.45, 2.75) is 6.61 Å². The maximum absolute atomic E-state index is 6.04. The lowest BCUT2D eigenvalue weighted by Gasteiger charge is -2.09. The molecule has 0 heterocycles. The molecule has 17 heavy (non-hydrogen) atoms. The molecule has 0 spiro atoms. The molecule has 0 aromatic heterocycles. The summed E-state index contributed by atoms with van der Waals surface area (Å²) in [6, 6.07) is 12.5. The van der Waals surface area contributed by atoms with Crippen LogP contribution < -0.4 is 4.74 Å². The Hall–Kier alpha value is -0.890. The fourth-order valence-corrected chi connectivity index (χ4v) is 1.99. The summed E-state index contributed by atoms with van der Waals surface area (Å²) < 4.78 is 5.58. The number of halogens is 3. The van der Waals surface area contributed by atoms with Gasteiger partial charge < -0.3 is 4.74 Å². The zero-order chi connectivity index (χ0) is 12.3. The Kier molecular flexibility index (Phi) is 4.16. The molecule has 0 aliphatic rings. The molecule has 4 heteroatoms. The van der Waals surface area contributed by atoms with Crippen LogP contribution in [0.5, 0.6) is 5.75 Å². The van der Waals surface area contributed by atoms with Gasteiger partial charge in [0.25, 0.3) is 0 Å². The molecule has 0 N–H and O–H groups in total. The van der Waals surface area contributed by atoms with E-state index in [2.05, 4.69) is 0 Å². The molecule has 1 nitrogen and oxygen atoms in total. The molecule has 0 saturated heterocycles. The quantitative estimate of drug-likeness (QED) is 0.751. The summed E-state index contributed by atoms with van der Waals surface area (Å²) in [6.45, 7) is 0.333. The summed E-state index contributed by atoms with van der Waals surface area (Å²) in [5.41, 5.74) is 0.783. The van der Waals surface area contributed by atoms with Gasteiger partial charge in [0.1, 0.15) is 12.4 Å². The highest BCUT2D eigenvalue weighted by Crippen LogP contribution is 2.26. The van der Waals surface area contributed by atoms with E-state index in [1.165, 1.54) is 0 Å². The molecule has 2 aromatic rings. The van der Waals surface area contributed by atoms with Gasteiger partial charge in [-0.05, 0) is 36.4 Å². The van der Waals surface area contributed by atoms with Crippen LogP contribution in [0.3, 0.4) is 0 Å². The highest BCUT2D eigenvalue weighted by molar-refractivity contribution is 6.35. The minimum Gasteiger partial charge on any atom is -0.489 e. The van der Waals surface area contributed by atoms with Crippen molar-refractivity contribution < 1.29 is 4.74 Å². The van der Waals surface area contributed by atoms with Gasteiger partial charge in [0.15, 0.2) is 0 Å². The van der Waals surface area contributed by atoms with Crippen molar-refractivity contribution in [1.29, 1.82) is 0 Å². The molecule has 0 aliphatic heterocycles. The third kappa shape index (κ3) is 3.29. The Morgan fingerprint density at radius 2 is 1.41 bits per heavy atom. The fourth-order valence-electron chi connectivity index (χ4n) is 1.36. The first-order valence-electron chi connectivity index (χ1n) is 4.98. The topological polar surface area (TPSA) is 9.23 Å². The molecular weight excluding hydrogens is 279 g/mol. The second kappa shape index (κ2) is 5.63. The molecule has 2 aromatic carbocycles. The van der Waals surface area contributed by atoms with Gasteiger partial charge in [0.2, 0.25) is 0 Å². The third-order valence-electron chi connectivity index (χ3n) is 2.26. The van der Waals surface area contributed by atoms with Crippen LogP contribution >= 0.6 is 34.8 Å². The zero-order valence-electron chi connectivity index (χ0n) is 8.79. The van der Waals surface area contributed by atoms with Crippen LogP contribution in [-0.2, 0) is 6.61 Å². The lowest BCUT2D eigenvalue weighted by molar-refractivity contribution is 0.306. The summed E-state index contributed by atoms with van der Waals surface area (Å²) in [5.74, 6) is 0.727. The standard InChI is InChI=1S/C13H9Cl3O/c14-9-4-6-10(7-5-9)17-8-11-12(15)2-1-3-13(11)16/h1-7H,8H2. The molecular formula is C13H9Cl3O. The third-order valence-corrected chi connectivity index (χ3v) is 3.22. The van der Waals surface area contributed by atoms with Crippen LogP contribution in [0.15, 0.2) is 42.5 Å². The van der Waals surface area contributed by atoms with E-state index in [1.807, 2.05) is 0 Å². The maximum atomic E-state index is 6.04. The van der Waals surface area contributed by atoms with Crippen molar-refractivity contribution in [2.75, 3.05) is 0 Å². The van der Waals surface area contributed by atoms with Gasteiger partial charge in [-0.1, -0.05) is 40.9 Å². The van der Waals surface area contributed by atoms with E-state index in [0.29, 0.717) is 21.7 Å². The average Bonchev–Trinajstić information content (AvgIpc) is 2.31. The highest BCUT2D eigenvalue weighted by atomic mass is 35.5. The molecule has 0 aliphatic carbocycles. The van der Waals surface area contributed by atoms with Crippen LogP contribution in [0.1, 0.15) is 5.56 Å². The van der Waals surface area contributed by atoms with E-state index in [9.17, 15) is 0 Å². The first kappa shape index (κ1) is 12.6. The Labute approximate surface area is 115 Å². The highest BCUT2D eigenvalue weighted by Gasteiger charge is 2.05. The van der Waals surface area contributed by atoms with E-state index in [-0.39, 0.29) is 0 Å². The van der Waals surface area contributed by atoms with Gasteiger partial charge in [-0.15, -0.1) is 0 Å². The predicted octanol–water partition coefficient (Wildman–Crippen LogP) is 5.23. The summed E-state index contributed by atoms with van der Waals surface area (Å²) in [5, 5.41) is 1.88. The van der Waals surface area contributed by atoms with Crippen molar-refractivity contribution >= 4 is 34.8 Å². The number of hydrogen-bond acceptors (Lipinski definition) is 1. The van der Waals surface area contributed by atoms with Crippen LogP contribution in [-0.4, -0.2) is 0 Å².